The van der Waals surface area contributed by atoms with E-state index in [4.69, 9.17) is 0 Å². The van der Waals surface area contributed by atoms with E-state index in [1.807, 2.05) is 53.4 Å². The summed E-state index contributed by atoms with van der Waals surface area (Å²) in [6, 6.07) is 24.2. The molecule has 1 aliphatic rings. The summed E-state index contributed by atoms with van der Waals surface area (Å²) in [6.45, 7) is 6.29. The average molecular weight is 517 g/mol. The number of unbranched alkanes of at least 4 members (excludes halogenated alkanes) is 2. The number of carbonyl (C=O) groups excluding carboxylic acids is 1. The SMILES string of the molecule is CCCCCN(C(=O)Nc1ccc(-c2ccccc2)cc1)C1CCc2ccc(SC(C)(C)C(=O)O)cc21. The summed E-state index contributed by atoms with van der Waals surface area (Å²) in [5, 5.41) is 12.7. The number of thioether (sulfide) groups is 1. The van der Waals surface area contributed by atoms with E-state index in [0.29, 0.717) is 6.54 Å². The van der Waals surface area contributed by atoms with Crippen LogP contribution in [0.3, 0.4) is 0 Å². The van der Waals surface area contributed by atoms with Crippen molar-refractivity contribution in [2.45, 2.75) is 68.6 Å². The summed E-state index contributed by atoms with van der Waals surface area (Å²) in [5.41, 5.74) is 5.40. The van der Waals surface area contributed by atoms with Crippen LogP contribution in [0.4, 0.5) is 10.5 Å². The highest BCUT2D eigenvalue weighted by molar-refractivity contribution is 8.01. The third-order valence-electron chi connectivity index (χ3n) is 6.93. The number of aliphatic carboxylic acids is 1. The highest BCUT2D eigenvalue weighted by Gasteiger charge is 2.33. The predicted octanol–water partition coefficient (Wildman–Crippen LogP) is 8.02. The van der Waals surface area contributed by atoms with Gasteiger partial charge in [-0.15, -0.1) is 11.8 Å². The molecule has 0 fully saturated rings. The maximum atomic E-state index is 13.6. The number of rotatable bonds is 10. The van der Waals surface area contributed by atoms with Gasteiger partial charge in [-0.25, -0.2) is 4.79 Å². The van der Waals surface area contributed by atoms with Crippen LogP contribution < -0.4 is 5.32 Å². The Morgan fingerprint density at radius 2 is 1.70 bits per heavy atom. The van der Waals surface area contributed by atoms with Crippen LogP contribution in [0.5, 0.6) is 0 Å². The van der Waals surface area contributed by atoms with E-state index >= 15 is 0 Å². The Kier molecular flexibility index (Phi) is 8.59. The molecule has 1 atom stereocenters. The van der Waals surface area contributed by atoms with Gasteiger partial charge in [-0.05, 0) is 79.6 Å². The fourth-order valence-corrected chi connectivity index (χ4v) is 5.79. The minimum absolute atomic E-state index is 0.0241. The Bertz CT molecular complexity index is 1220. The first-order valence-corrected chi connectivity index (χ1v) is 13.9. The van der Waals surface area contributed by atoms with Gasteiger partial charge in [0.05, 0.1) is 6.04 Å². The molecule has 0 aromatic heterocycles. The summed E-state index contributed by atoms with van der Waals surface area (Å²) in [5.74, 6) is -0.839. The molecule has 3 aromatic rings. The van der Waals surface area contributed by atoms with Gasteiger partial charge < -0.3 is 15.3 Å². The number of carboxylic acid groups (broad SMARTS) is 1. The molecule has 1 aliphatic carbocycles. The Labute approximate surface area is 224 Å². The van der Waals surface area contributed by atoms with E-state index in [2.05, 4.69) is 36.5 Å². The molecule has 6 heteroatoms. The predicted molar refractivity (Wildman–Crippen MR) is 152 cm³/mol. The molecule has 0 heterocycles. The van der Waals surface area contributed by atoms with Gasteiger partial charge in [-0.1, -0.05) is 68.3 Å². The molecule has 5 nitrogen and oxygen atoms in total. The van der Waals surface area contributed by atoms with Crippen molar-refractivity contribution in [1.82, 2.24) is 4.90 Å². The van der Waals surface area contributed by atoms with Crippen LogP contribution in [0.15, 0.2) is 77.7 Å². The molecular formula is C31H36N2O3S. The monoisotopic (exact) mass is 516 g/mol. The van der Waals surface area contributed by atoms with Crippen LogP contribution in [0.1, 0.15) is 63.6 Å². The number of anilines is 1. The Balaban J connectivity index is 1.54. The largest absolute Gasteiger partial charge is 0.480 e. The topological polar surface area (TPSA) is 69.6 Å². The minimum atomic E-state index is -0.924. The molecule has 3 aromatic carbocycles. The van der Waals surface area contributed by atoms with Gasteiger partial charge in [-0.2, -0.15) is 0 Å². The third-order valence-corrected chi connectivity index (χ3v) is 8.11. The second-order valence-corrected chi connectivity index (χ2v) is 11.8. The van der Waals surface area contributed by atoms with Crippen molar-refractivity contribution in [2.24, 2.45) is 0 Å². The van der Waals surface area contributed by atoms with E-state index in [1.54, 1.807) is 13.8 Å². The molecule has 1 unspecified atom stereocenters. The van der Waals surface area contributed by atoms with Crippen LogP contribution in [0.25, 0.3) is 11.1 Å². The number of nitrogens with zero attached hydrogens (tertiary/aromatic N) is 1. The highest BCUT2D eigenvalue weighted by atomic mass is 32.2. The molecule has 0 saturated heterocycles. The van der Waals surface area contributed by atoms with Gasteiger partial charge in [0.15, 0.2) is 0 Å². The minimum Gasteiger partial charge on any atom is -0.480 e. The van der Waals surface area contributed by atoms with Gasteiger partial charge in [0.25, 0.3) is 0 Å². The number of carboxylic acids is 1. The highest BCUT2D eigenvalue weighted by Crippen LogP contribution is 2.41. The number of fused-ring (bicyclic) bond motifs is 1. The number of urea groups is 1. The van der Waals surface area contributed by atoms with E-state index in [0.717, 1.165) is 59.4 Å². The van der Waals surface area contributed by atoms with Gasteiger partial charge >= 0.3 is 12.0 Å². The normalized spacial score (nSPS) is 14.7. The second-order valence-electron chi connectivity index (χ2n) is 10.1. The summed E-state index contributed by atoms with van der Waals surface area (Å²) < 4.78 is -0.924. The number of hydrogen-bond acceptors (Lipinski definition) is 3. The lowest BCUT2D eigenvalue weighted by atomic mass is 10.1. The molecular weight excluding hydrogens is 480 g/mol. The van der Waals surface area contributed by atoms with Crippen molar-refractivity contribution in [2.75, 3.05) is 11.9 Å². The van der Waals surface area contributed by atoms with Crippen molar-refractivity contribution in [3.05, 3.63) is 83.9 Å². The molecule has 194 valence electrons. The smallest absolute Gasteiger partial charge is 0.322 e. The Hall–Kier alpha value is -3.25. The molecule has 0 radical (unpaired) electrons. The van der Waals surface area contributed by atoms with E-state index in [9.17, 15) is 14.7 Å². The maximum Gasteiger partial charge on any atom is 0.322 e. The molecule has 0 saturated carbocycles. The number of carbonyl (C=O) groups is 2. The number of benzene rings is 3. The van der Waals surface area contributed by atoms with Crippen molar-refractivity contribution in [3.8, 4) is 11.1 Å². The number of hydrogen-bond donors (Lipinski definition) is 2. The molecule has 2 amide bonds. The summed E-state index contributed by atoms with van der Waals surface area (Å²) in [7, 11) is 0. The number of aryl methyl sites for hydroxylation is 1. The summed E-state index contributed by atoms with van der Waals surface area (Å²) in [6.07, 6.45) is 4.89. The molecule has 0 bridgehead atoms. The zero-order chi connectivity index (χ0) is 26.4. The zero-order valence-corrected chi connectivity index (χ0v) is 22.7. The Morgan fingerprint density at radius 1 is 1.00 bits per heavy atom. The first kappa shape index (κ1) is 26.8. The third kappa shape index (κ3) is 6.55. The zero-order valence-electron chi connectivity index (χ0n) is 21.9. The Morgan fingerprint density at radius 3 is 2.38 bits per heavy atom. The molecule has 0 spiro atoms. The number of nitrogens with one attached hydrogen (secondary N) is 1. The number of amides is 2. The van der Waals surface area contributed by atoms with Crippen LogP contribution in [-0.2, 0) is 11.2 Å². The first-order valence-electron chi connectivity index (χ1n) is 13.1. The standard InChI is InChI=1S/C31H36N2O3S/c1-4-5-9-20-33(30(36)32-25-16-12-23(13-17-25)22-10-7-6-8-11-22)28-19-15-24-14-18-26(21-27(24)28)37-31(2,3)29(34)35/h6-8,10-14,16-18,21,28H,4-5,9,15,19-20H2,1-3H3,(H,32,36)(H,34,35). The van der Waals surface area contributed by atoms with Crippen molar-refractivity contribution in [1.29, 1.82) is 0 Å². The molecule has 37 heavy (non-hydrogen) atoms. The fourth-order valence-electron chi connectivity index (χ4n) is 4.79. The van der Waals surface area contributed by atoms with Crippen LogP contribution >= 0.6 is 11.8 Å². The fraction of sp³-hybridized carbons (Fsp3) is 0.355. The van der Waals surface area contributed by atoms with Crippen molar-refractivity contribution in [3.63, 3.8) is 0 Å². The van der Waals surface area contributed by atoms with Gasteiger partial charge in [0, 0.05) is 17.1 Å². The van der Waals surface area contributed by atoms with E-state index in [-0.39, 0.29) is 12.1 Å². The molecule has 4 rings (SSSR count). The lowest BCUT2D eigenvalue weighted by Gasteiger charge is -2.30. The van der Waals surface area contributed by atoms with Crippen molar-refractivity contribution >= 4 is 29.4 Å². The summed E-state index contributed by atoms with van der Waals surface area (Å²) in [4.78, 5) is 28.1. The van der Waals surface area contributed by atoms with E-state index < -0.39 is 10.7 Å². The van der Waals surface area contributed by atoms with Gasteiger partial charge in [0.1, 0.15) is 4.75 Å². The van der Waals surface area contributed by atoms with Crippen molar-refractivity contribution < 1.29 is 14.7 Å². The lowest BCUT2D eigenvalue weighted by Crippen LogP contribution is -2.38. The lowest BCUT2D eigenvalue weighted by molar-refractivity contribution is -0.138. The molecule has 0 aliphatic heterocycles. The van der Waals surface area contributed by atoms with Crippen LogP contribution in [0.2, 0.25) is 0 Å². The first-order chi connectivity index (χ1) is 17.8. The van der Waals surface area contributed by atoms with Crippen LogP contribution in [0, 0.1) is 0 Å². The van der Waals surface area contributed by atoms with E-state index in [1.165, 1.54) is 17.3 Å². The van der Waals surface area contributed by atoms with Crippen LogP contribution in [-0.4, -0.2) is 33.3 Å². The van der Waals surface area contributed by atoms with Gasteiger partial charge in [-0.3, -0.25) is 4.79 Å². The summed E-state index contributed by atoms with van der Waals surface area (Å²) >= 11 is 1.35. The van der Waals surface area contributed by atoms with Gasteiger partial charge in [0.2, 0.25) is 0 Å². The average Bonchev–Trinajstić information content (AvgIpc) is 3.30. The quantitative estimate of drug-likeness (QED) is 0.211. The molecule has 2 N–H and O–H groups in total. The maximum absolute atomic E-state index is 13.6. The second kappa shape index (κ2) is 11.9.